The fourth-order valence-electron chi connectivity index (χ4n) is 1.60. The molecule has 0 amide bonds. The quantitative estimate of drug-likeness (QED) is 0.814. The van der Waals surface area contributed by atoms with E-state index in [-0.39, 0.29) is 16.6 Å². The van der Waals surface area contributed by atoms with Crippen LogP contribution >= 0.6 is 11.6 Å². The molecule has 0 aliphatic carbocycles. The second-order valence-electron chi connectivity index (χ2n) is 4.09. The lowest BCUT2D eigenvalue weighted by molar-refractivity contribution is 0.397. The van der Waals surface area contributed by atoms with Gasteiger partial charge in [0.25, 0.3) is 0 Å². The van der Waals surface area contributed by atoms with Crippen molar-refractivity contribution in [1.82, 2.24) is 9.29 Å². The molecular formula is C12H13ClN2O3S. The number of nitrogens with zero attached hydrogens (tertiary/aromatic N) is 2. The second kappa shape index (κ2) is 5.32. The molecule has 0 aliphatic heterocycles. The van der Waals surface area contributed by atoms with Crippen LogP contribution in [0.1, 0.15) is 11.5 Å². The molecule has 0 saturated carbocycles. The minimum atomic E-state index is -3.60. The Hall–Kier alpha value is -1.37. The number of rotatable bonds is 4. The third-order valence-electron chi connectivity index (χ3n) is 2.58. The summed E-state index contributed by atoms with van der Waals surface area (Å²) >= 11 is 5.71. The normalized spacial score (nSPS) is 12.0. The predicted octanol–water partition coefficient (Wildman–Crippen LogP) is 2.46. The van der Waals surface area contributed by atoms with Gasteiger partial charge in [-0.1, -0.05) is 11.6 Å². The summed E-state index contributed by atoms with van der Waals surface area (Å²) in [6, 6.07) is 6.27. The Bertz CT molecular complexity index is 682. The van der Waals surface area contributed by atoms with Crippen LogP contribution in [0.15, 0.2) is 39.8 Å². The number of furan rings is 1. The van der Waals surface area contributed by atoms with E-state index < -0.39 is 10.0 Å². The standard InChI is InChI=1S/C12H13ClN2O3S/c1-9-3-4-10(18-9)8-15(2)19(16,17)11-5-6-14-12(13)7-11/h3-7H,8H2,1-2H3. The minimum absolute atomic E-state index is 0.110. The van der Waals surface area contributed by atoms with Gasteiger partial charge in [-0.25, -0.2) is 13.4 Å². The van der Waals surface area contributed by atoms with Gasteiger partial charge in [-0.3, -0.25) is 0 Å². The largest absolute Gasteiger partial charge is 0.465 e. The first-order chi connectivity index (χ1) is 8.89. The summed E-state index contributed by atoms with van der Waals surface area (Å²) in [5.41, 5.74) is 0. The Labute approximate surface area is 116 Å². The van der Waals surface area contributed by atoms with Crippen LogP contribution in [0, 0.1) is 6.92 Å². The van der Waals surface area contributed by atoms with Crippen molar-refractivity contribution in [2.45, 2.75) is 18.4 Å². The van der Waals surface area contributed by atoms with Crippen molar-refractivity contribution < 1.29 is 12.8 Å². The zero-order valence-corrected chi connectivity index (χ0v) is 12.1. The lowest BCUT2D eigenvalue weighted by Gasteiger charge is -2.15. The van der Waals surface area contributed by atoms with Crippen LogP contribution in [-0.2, 0) is 16.6 Å². The Kier molecular flexibility index (Phi) is 3.93. The Balaban J connectivity index is 2.24. The van der Waals surface area contributed by atoms with E-state index in [0.717, 1.165) is 5.76 Å². The molecule has 0 unspecified atom stereocenters. The van der Waals surface area contributed by atoms with Gasteiger partial charge in [0.2, 0.25) is 10.0 Å². The summed E-state index contributed by atoms with van der Waals surface area (Å²) in [5, 5.41) is 0.142. The first-order valence-corrected chi connectivity index (χ1v) is 7.34. The molecule has 0 saturated heterocycles. The van der Waals surface area contributed by atoms with Crippen molar-refractivity contribution in [1.29, 1.82) is 0 Å². The number of pyridine rings is 1. The molecule has 19 heavy (non-hydrogen) atoms. The van der Waals surface area contributed by atoms with E-state index >= 15 is 0 Å². The Morgan fingerprint density at radius 3 is 2.68 bits per heavy atom. The highest BCUT2D eigenvalue weighted by Crippen LogP contribution is 2.19. The molecule has 2 heterocycles. The van der Waals surface area contributed by atoms with Gasteiger partial charge in [0.1, 0.15) is 16.7 Å². The third kappa shape index (κ3) is 3.15. The molecule has 0 N–H and O–H groups in total. The Morgan fingerprint density at radius 1 is 1.37 bits per heavy atom. The number of sulfonamides is 1. The molecule has 5 nitrogen and oxygen atoms in total. The van der Waals surface area contributed by atoms with Gasteiger partial charge in [-0.05, 0) is 31.2 Å². The van der Waals surface area contributed by atoms with Gasteiger partial charge in [-0.15, -0.1) is 0 Å². The molecule has 2 aromatic heterocycles. The maximum Gasteiger partial charge on any atom is 0.243 e. The van der Waals surface area contributed by atoms with E-state index in [1.165, 1.54) is 29.7 Å². The fraction of sp³-hybridized carbons (Fsp3) is 0.250. The SMILES string of the molecule is Cc1ccc(CN(C)S(=O)(=O)c2ccnc(Cl)c2)o1. The van der Waals surface area contributed by atoms with Gasteiger partial charge in [0.15, 0.2) is 0 Å². The monoisotopic (exact) mass is 300 g/mol. The lowest BCUT2D eigenvalue weighted by Crippen LogP contribution is -2.26. The highest BCUT2D eigenvalue weighted by atomic mass is 35.5. The molecule has 2 rings (SSSR count). The van der Waals surface area contributed by atoms with Crippen molar-refractivity contribution in [3.63, 3.8) is 0 Å². The number of hydrogen-bond donors (Lipinski definition) is 0. The lowest BCUT2D eigenvalue weighted by atomic mass is 10.4. The molecule has 0 atom stereocenters. The van der Waals surface area contributed by atoms with Crippen molar-refractivity contribution in [2.75, 3.05) is 7.05 Å². The maximum atomic E-state index is 12.3. The molecule has 0 aromatic carbocycles. The van der Waals surface area contributed by atoms with Crippen molar-refractivity contribution in [2.24, 2.45) is 0 Å². The van der Waals surface area contributed by atoms with Crippen molar-refractivity contribution in [3.8, 4) is 0 Å². The van der Waals surface area contributed by atoms with E-state index in [2.05, 4.69) is 4.98 Å². The number of aromatic nitrogens is 1. The van der Waals surface area contributed by atoms with Crippen LogP contribution in [0.4, 0.5) is 0 Å². The fourth-order valence-corrected chi connectivity index (χ4v) is 2.99. The highest BCUT2D eigenvalue weighted by Gasteiger charge is 2.22. The van der Waals surface area contributed by atoms with Crippen LogP contribution in [0.2, 0.25) is 5.15 Å². The van der Waals surface area contributed by atoms with E-state index in [0.29, 0.717) is 5.76 Å². The first kappa shape index (κ1) is 14.0. The van der Waals surface area contributed by atoms with Crippen molar-refractivity contribution >= 4 is 21.6 Å². The molecule has 2 aromatic rings. The van der Waals surface area contributed by atoms with Gasteiger partial charge in [-0.2, -0.15) is 4.31 Å². The van der Waals surface area contributed by atoms with Crippen LogP contribution < -0.4 is 0 Å². The summed E-state index contributed by atoms with van der Waals surface area (Å²) in [7, 11) is -2.11. The van der Waals surface area contributed by atoms with Crippen LogP contribution in [0.25, 0.3) is 0 Å². The summed E-state index contributed by atoms with van der Waals surface area (Å²) < 4.78 is 31.2. The molecule has 0 aliphatic rings. The average molecular weight is 301 g/mol. The van der Waals surface area contributed by atoms with Crippen LogP contribution in [0.3, 0.4) is 0 Å². The molecule has 0 bridgehead atoms. The van der Waals surface area contributed by atoms with Gasteiger partial charge in [0.05, 0.1) is 11.4 Å². The van der Waals surface area contributed by atoms with Gasteiger partial charge >= 0.3 is 0 Å². The topological polar surface area (TPSA) is 63.4 Å². The number of hydrogen-bond acceptors (Lipinski definition) is 4. The van der Waals surface area contributed by atoms with Crippen LogP contribution in [-0.4, -0.2) is 24.8 Å². The van der Waals surface area contributed by atoms with Gasteiger partial charge < -0.3 is 4.42 Å². The molecule has 0 fully saturated rings. The van der Waals surface area contributed by atoms with E-state index in [1.807, 2.05) is 0 Å². The highest BCUT2D eigenvalue weighted by molar-refractivity contribution is 7.89. The van der Waals surface area contributed by atoms with E-state index in [1.54, 1.807) is 19.1 Å². The number of aryl methyl sites for hydroxylation is 1. The van der Waals surface area contributed by atoms with E-state index in [9.17, 15) is 8.42 Å². The number of halogens is 1. The molecule has 102 valence electrons. The summed E-state index contributed by atoms with van der Waals surface area (Å²) in [4.78, 5) is 3.87. The van der Waals surface area contributed by atoms with Gasteiger partial charge in [0, 0.05) is 13.2 Å². The zero-order chi connectivity index (χ0) is 14.0. The summed E-state index contributed by atoms with van der Waals surface area (Å²) in [6.07, 6.45) is 1.36. The average Bonchev–Trinajstić information content (AvgIpc) is 2.74. The summed E-state index contributed by atoms with van der Waals surface area (Å²) in [5.74, 6) is 1.33. The van der Waals surface area contributed by atoms with Crippen molar-refractivity contribution in [3.05, 3.63) is 47.1 Å². The van der Waals surface area contributed by atoms with E-state index in [4.69, 9.17) is 16.0 Å². The maximum absolute atomic E-state index is 12.3. The zero-order valence-electron chi connectivity index (χ0n) is 10.5. The predicted molar refractivity (Wildman–Crippen MR) is 71.3 cm³/mol. The third-order valence-corrected chi connectivity index (χ3v) is 4.59. The van der Waals surface area contributed by atoms with Crippen LogP contribution in [0.5, 0.6) is 0 Å². The molecule has 7 heteroatoms. The Morgan fingerprint density at radius 2 is 2.11 bits per heavy atom. The molecular weight excluding hydrogens is 288 g/mol. The first-order valence-electron chi connectivity index (χ1n) is 5.53. The smallest absolute Gasteiger partial charge is 0.243 e. The molecule has 0 radical (unpaired) electrons. The summed E-state index contributed by atoms with van der Waals surface area (Å²) in [6.45, 7) is 1.97. The minimum Gasteiger partial charge on any atom is -0.465 e. The second-order valence-corrected chi connectivity index (χ2v) is 6.52. The molecule has 0 spiro atoms.